The van der Waals surface area contributed by atoms with Crippen LogP contribution >= 0.6 is 0 Å². The van der Waals surface area contributed by atoms with Gasteiger partial charge in [0.25, 0.3) is 11.8 Å². The van der Waals surface area contributed by atoms with Crippen molar-refractivity contribution in [3.63, 3.8) is 0 Å². The molecule has 0 bridgehead atoms. The molecule has 8 nitrogen and oxygen atoms in total. The largest absolute Gasteiger partial charge is 0.443 e. The zero-order valence-corrected chi connectivity index (χ0v) is 16.7. The lowest BCUT2D eigenvalue weighted by atomic mass is 9.89. The molecule has 3 rings (SSSR count). The average molecular weight is 433 g/mol. The minimum Gasteiger partial charge on any atom is -0.443 e. The monoisotopic (exact) mass is 433 g/mol. The van der Waals surface area contributed by atoms with Gasteiger partial charge in [-0.3, -0.25) is 9.59 Å². The van der Waals surface area contributed by atoms with Gasteiger partial charge in [0.2, 0.25) is 5.91 Å². The highest BCUT2D eigenvalue weighted by Gasteiger charge is 2.31. The van der Waals surface area contributed by atoms with Crippen LogP contribution < -0.4 is 10.6 Å². The molecule has 0 spiro atoms. The third kappa shape index (κ3) is 5.97. The Bertz CT molecular complexity index is 842. The lowest BCUT2D eigenvalue weighted by Crippen LogP contribution is -2.53. The van der Waals surface area contributed by atoms with E-state index in [1.165, 1.54) is 0 Å². The maximum Gasteiger partial charge on any atom is 0.313 e. The fourth-order valence-corrected chi connectivity index (χ4v) is 5.79. The summed E-state index contributed by atoms with van der Waals surface area (Å²) in [6, 6.07) is -0.663. The number of halogens is 2. The number of rotatable bonds is 6. The van der Waals surface area contributed by atoms with Crippen molar-refractivity contribution in [3.05, 3.63) is 17.8 Å². The molecule has 11 heteroatoms. The third-order valence-electron chi connectivity index (χ3n) is 5.40. The van der Waals surface area contributed by atoms with Gasteiger partial charge < -0.3 is 15.1 Å². The summed E-state index contributed by atoms with van der Waals surface area (Å²) in [5, 5.41) is 5.65. The molecule has 2 fully saturated rings. The number of nitrogens with zero attached hydrogens (tertiary/aromatic N) is 1. The van der Waals surface area contributed by atoms with Crippen LogP contribution in [0.5, 0.6) is 0 Å². The van der Waals surface area contributed by atoms with Crippen LogP contribution in [0.2, 0.25) is 0 Å². The summed E-state index contributed by atoms with van der Waals surface area (Å²) in [5.41, 5.74) is -0.233. The Morgan fingerprint density at radius 2 is 1.83 bits per heavy atom. The van der Waals surface area contributed by atoms with Gasteiger partial charge in [0.15, 0.2) is 15.5 Å². The standard InChI is InChI=1S/C18H25F2N3O5S/c19-16(20)18-23-14(9-28-18)17(25)22-13-6-2-1-5-12(13)21-15(24)8-11-4-3-7-29(26,27)10-11/h9,11-13,16H,1-8,10H2,(H,21,24)(H,22,25)/t11?,12-,13-/m1/s1. The van der Waals surface area contributed by atoms with Gasteiger partial charge in [-0.25, -0.2) is 13.4 Å². The highest BCUT2D eigenvalue weighted by Crippen LogP contribution is 2.23. The molecular formula is C18H25F2N3O5S. The number of carbonyl (C=O) groups is 2. The normalized spacial score (nSPS) is 26.8. The van der Waals surface area contributed by atoms with Crippen molar-refractivity contribution < 1.29 is 31.2 Å². The van der Waals surface area contributed by atoms with Crippen LogP contribution in [0.3, 0.4) is 0 Å². The van der Waals surface area contributed by atoms with E-state index in [1.807, 2.05) is 0 Å². The number of aromatic nitrogens is 1. The highest BCUT2D eigenvalue weighted by molar-refractivity contribution is 7.91. The van der Waals surface area contributed by atoms with Crippen molar-refractivity contribution in [1.29, 1.82) is 0 Å². The molecule has 2 aliphatic rings. The number of sulfone groups is 1. The van der Waals surface area contributed by atoms with Crippen LogP contribution in [-0.4, -0.2) is 48.8 Å². The number of alkyl halides is 2. The third-order valence-corrected chi connectivity index (χ3v) is 7.29. The summed E-state index contributed by atoms with van der Waals surface area (Å²) in [7, 11) is -3.08. The van der Waals surface area contributed by atoms with Gasteiger partial charge in [-0.1, -0.05) is 12.8 Å². The number of carbonyl (C=O) groups excluding carboxylic acids is 2. The second-order valence-electron chi connectivity index (χ2n) is 7.74. The van der Waals surface area contributed by atoms with Crippen LogP contribution in [0.25, 0.3) is 0 Å². The summed E-state index contributed by atoms with van der Waals surface area (Å²) >= 11 is 0. The van der Waals surface area contributed by atoms with Gasteiger partial charge in [0.1, 0.15) is 6.26 Å². The predicted molar refractivity (Wildman–Crippen MR) is 99.1 cm³/mol. The predicted octanol–water partition coefficient (Wildman–Crippen LogP) is 1.98. The molecule has 2 heterocycles. The molecule has 0 aromatic carbocycles. The SMILES string of the molecule is O=C(CC1CCCS(=O)(=O)C1)N[C@@H]1CCCC[C@H]1NC(=O)c1coc(C(F)F)n1. The molecule has 1 saturated carbocycles. The Morgan fingerprint density at radius 3 is 2.45 bits per heavy atom. The Hall–Kier alpha value is -2.04. The maximum absolute atomic E-state index is 12.6. The van der Waals surface area contributed by atoms with Gasteiger partial charge in [0.05, 0.1) is 11.5 Å². The van der Waals surface area contributed by atoms with Crippen molar-refractivity contribution in [3.8, 4) is 0 Å². The van der Waals surface area contributed by atoms with Crippen molar-refractivity contribution >= 4 is 21.7 Å². The molecule has 2 N–H and O–H groups in total. The second-order valence-corrected chi connectivity index (χ2v) is 9.97. The molecule has 1 aliphatic heterocycles. The van der Waals surface area contributed by atoms with E-state index >= 15 is 0 Å². The van der Waals surface area contributed by atoms with E-state index in [-0.39, 0.29) is 47.5 Å². The fourth-order valence-electron chi connectivity index (χ4n) is 4.02. The zero-order chi connectivity index (χ0) is 21.0. The minimum atomic E-state index is -3.08. The van der Waals surface area contributed by atoms with Crippen LogP contribution in [0, 0.1) is 5.92 Å². The molecule has 1 aromatic rings. The van der Waals surface area contributed by atoms with Gasteiger partial charge in [-0.15, -0.1) is 0 Å². The molecule has 162 valence electrons. The van der Waals surface area contributed by atoms with Gasteiger partial charge >= 0.3 is 6.43 Å². The smallest absolute Gasteiger partial charge is 0.313 e. The van der Waals surface area contributed by atoms with Crippen LogP contribution in [0.15, 0.2) is 10.7 Å². The summed E-state index contributed by atoms with van der Waals surface area (Å²) in [5.74, 6) is -1.66. The van der Waals surface area contributed by atoms with Crippen molar-refractivity contribution in [1.82, 2.24) is 15.6 Å². The minimum absolute atomic E-state index is 0.0316. The summed E-state index contributed by atoms with van der Waals surface area (Å²) < 4.78 is 53.2. The van der Waals surface area contributed by atoms with Gasteiger partial charge in [-0.05, 0) is 31.6 Å². The second kappa shape index (κ2) is 9.19. The lowest BCUT2D eigenvalue weighted by Gasteiger charge is -2.33. The first-order valence-electron chi connectivity index (χ1n) is 9.78. The van der Waals surface area contributed by atoms with Gasteiger partial charge in [-0.2, -0.15) is 8.78 Å². The summed E-state index contributed by atoms with van der Waals surface area (Å²) in [6.45, 7) is 0. The van der Waals surface area contributed by atoms with Crippen molar-refractivity contribution in [2.24, 2.45) is 5.92 Å². The quantitative estimate of drug-likeness (QED) is 0.708. The molecule has 2 amide bonds. The molecule has 1 saturated heterocycles. The van der Waals surface area contributed by atoms with E-state index in [0.717, 1.165) is 19.1 Å². The first-order chi connectivity index (χ1) is 13.7. The Kier molecular flexibility index (Phi) is 6.86. The first-order valence-corrected chi connectivity index (χ1v) is 11.6. The lowest BCUT2D eigenvalue weighted by molar-refractivity contribution is -0.123. The zero-order valence-electron chi connectivity index (χ0n) is 15.9. The maximum atomic E-state index is 12.6. The van der Waals surface area contributed by atoms with E-state index in [1.54, 1.807) is 0 Å². The first kappa shape index (κ1) is 21.7. The molecule has 1 aliphatic carbocycles. The highest BCUT2D eigenvalue weighted by atomic mass is 32.2. The van der Waals surface area contributed by atoms with Crippen LogP contribution in [-0.2, 0) is 14.6 Å². The van der Waals surface area contributed by atoms with E-state index in [0.29, 0.717) is 25.7 Å². The van der Waals surface area contributed by atoms with Crippen LogP contribution in [0.1, 0.15) is 67.8 Å². The van der Waals surface area contributed by atoms with E-state index < -0.39 is 28.1 Å². The number of hydrogen-bond donors (Lipinski definition) is 2. The van der Waals surface area contributed by atoms with E-state index in [9.17, 15) is 26.8 Å². The topological polar surface area (TPSA) is 118 Å². The Morgan fingerprint density at radius 1 is 1.14 bits per heavy atom. The fraction of sp³-hybridized carbons (Fsp3) is 0.722. The molecule has 3 atom stereocenters. The summed E-state index contributed by atoms with van der Waals surface area (Å²) in [6.07, 6.45) is 2.44. The number of amides is 2. The Labute approximate surface area is 167 Å². The molecule has 29 heavy (non-hydrogen) atoms. The van der Waals surface area contributed by atoms with E-state index in [4.69, 9.17) is 0 Å². The van der Waals surface area contributed by atoms with Crippen molar-refractivity contribution in [2.45, 2.75) is 63.5 Å². The number of nitrogens with one attached hydrogen (secondary N) is 2. The van der Waals surface area contributed by atoms with E-state index in [2.05, 4.69) is 20.0 Å². The molecule has 1 unspecified atom stereocenters. The van der Waals surface area contributed by atoms with Crippen molar-refractivity contribution in [2.75, 3.05) is 11.5 Å². The van der Waals surface area contributed by atoms with Crippen LogP contribution in [0.4, 0.5) is 8.78 Å². The molecule has 1 aromatic heterocycles. The number of hydrogen-bond acceptors (Lipinski definition) is 6. The van der Waals surface area contributed by atoms with Gasteiger partial charge in [0, 0.05) is 18.5 Å². The Balaban J connectivity index is 1.56. The summed E-state index contributed by atoms with van der Waals surface area (Å²) in [4.78, 5) is 28.2. The molecular weight excluding hydrogens is 408 g/mol. The number of oxazole rings is 1. The molecule has 0 radical (unpaired) electrons. The average Bonchev–Trinajstić information content (AvgIpc) is 3.13.